The van der Waals surface area contributed by atoms with Crippen molar-refractivity contribution in [3.05, 3.63) is 47.2 Å². The largest absolute Gasteiger partial charge is 0.475 e. The molecule has 3 nitrogen and oxygen atoms in total. The fourth-order valence-electron chi connectivity index (χ4n) is 2.22. The number of nitrogens with zero attached hydrogens (tertiary/aromatic N) is 1. The highest BCUT2D eigenvalue weighted by Crippen LogP contribution is 2.28. The number of ether oxygens (including phenoxy) is 1. The number of aryl methyl sites for hydroxylation is 3. The van der Waals surface area contributed by atoms with Crippen molar-refractivity contribution in [1.29, 1.82) is 0 Å². The Balaban J connectivity index is 2.43. The molecule has 2 rings (SSSR count). The van der Waals surface area contributed by atoms with Crippen LogP contribution >= 0.6 is 0 Å². The Morgan fingerprint density at radius 1 is 1.15 bits per heavy atom. The zero-order valence-corrected chi connectivity index (χ0v) is 12.3. The second-order valence-corrected chi connectivity index (χ2v) is 4.91. The molecule has 0 amide bonds. The maximum atomic E-state index is 8.84. The van der Waals surface area contributed by atoms with Crippen LogP contribution in [0, 0.1) is 13.8 Å². The zero-order chi connectivity index (χ0) is 14.5. The summed E-state index contributed by atoms with van der Waals surface area (Å²) in [7, 11) is 0. The molecule has 0 bridgehead atoms. The lowest BCUT2D eigenvalue weighted by atomic mass is 9.97. The van der Waals surface area contributed by atoms with Gasteiger partial charge in [-0.05, 0) is 48.6 Å². The second kappa shape index (κ2) is 6.53. The van der Waals surface area contributed by atoms with Gasteiger partial charge in [-0.3, -0.25) is 0 Å². The van der Waals surface area contributed by atoms with Crippen LogP contribution in [0.25, 0.3) is 11.1 Å². The highest BCUT2D eigenvalue weighted by molar-refractivity contribution is 5.69. The molecule has 106 valence electrons. The quantitative estimate of drug-likeness (QED) is 0.907. The Morgan fingerprint density at radius 3 is 2.65 bits per heavy atom. The van der Waals surface area contributed by atoms with Gasteiger partial charge in [-0.25, -0.2) is 4.98 Å². The maximum Gasteiger partial charge on any atom is 0.214 e. The predicted molar refractivity (Wildman–Crippen MR) is 81.1 cm³/mol. The lowest BCUT2D eigenvalue weighted by Crippen LogP contribution is -2.03. The number of aliphatic hydroxyl groups is 1. The number of pyridine rings is 1. The van der Waals surface area contributed by atoms with Gasteiger partial charge in [-0.2, -0.15) is 0 Å². The summed E-state index contributed by atoms with van der Waals surface area (Å²) in [6.45, 7) is 6.48. The van der Waals surface area contributed by atoms with Crippen LogP contribution < -0.4 is 4.74 Å². The van der Waals surface area contributed by atoms with Gasteiger partial charge in [0.15, 0.2) is 0 Å². The minimum Gasteiger partial charge on any atom is -0.475 e. The Kier molecular flexibility index (Phi) is 4.74. The summed E-state index contributed by atoms with van der Waals surface area (Å²) in [6.07, 6.45) is 1.02. The van der Waals surface area contributed by atoms with E-state index < -0.39 is 0 Å². The second-order valence-electron chi connectivity index (χ2n) is 4.91. The SMILES string of the molecule is CCc1ccc(C)c(-c2cc(C)nc(OCCO)c2)c1. The van der Waals surface area contributed by atoms with Gasteiger partial charge in [0.25, 0.3) is 0 Å². The van der Waals surface area contributed by atoms with Crippen molar-refractivity contribution in [3.63, 3.8) is 0 Å². The molecule has 0 aliphatic carbocycles. The molecule has 1 N–H and O–H groups in total. The van der Waals surface area contributed by atoms with Crippen LogP contribution in [0.1, 0.15) is 23.7 Å². The van der Waals surface area contributed by atoms with Crippen LogP contribution in [0.15, 0.2) is 30.3 Å². The number of hydrogen-bond acceptors (Lipinski definition) is 3. The smallest absolute Gasteiger partial charge is 0.214 e. The lowest BCUT2D eigenvalue weighted by molar-refractivity contribution is 0.196. The first-order valence-electron chi connectivity index (χ1n) is 6.96. The van der Waals surface area contributed by atoms with Crippen molar-refractivity contribution in [2.45, 2.75) is 27.2 Å². The third kappa shape index (κ3) is 3.36. The highest BCUT2D eigenvalue weighted by atomic mass is 16.5. The van der Waals surface area contributed by atoms with Gasteiger partial charge >= 0.3 is 0 Å². The van der Waals surface area contributed by atoms with E-state index in [4.69, 9.17) is 9.84 Å². The average Bonchev–Trinajstić information content (AvgIpc) is 2.45. The summed E-state index contributed by atoms with van der Waals surface area (Å²) in [6, 6.07) is 10.5. The van der Waals surface area contributed by atoms with Crippen LogP contribution in [-0.4, -0.2) is 23.3 Å². The van der Waals surface area contributed by atoms with Crippen LogP contribution in [0.4, 0.5) is 0 Å². The van der Waals surface area contributed by atoms with Gasteiger partial charge in [0.1, 0.15) is 6.61 Å². The fourth-order valence-corrected chi connectivity index (χ4v) is 2.22. The van der Waals surface area contributed by atoms with Gasteiger partial charge in [-0.15, -0.1) is 0 Å². The lowest BCUT2D eigenvalue weighted by Gasteiger charge is -2.11. The standard InChI is InChI=1S/C17H21NO2/c1-4-14-6-5-12(2)16(10-14)15-9-13(3)18-17(11-15)20-8-7-19/h5-6,9-11,19H,4,7-8H2,1-3H3. The summed E-state index contributed by atoms with van der Waals surface area (Å²) in [5, 5.41) is 8.84. The highest BCUT2D eigenvalue weighted by Gasteiger charge is 2.07. The van der Waals surface area contributed by atoms with E-state index in [1.54, 1.807) is 0 Å². The molecule has 1 aromatic carbocycles. The molecule has 0 radical (unpaired) electrons. The van der Waals surface area contributed by atoms with Crippen LogP contribution in [-0.2, 0) is 6.42 Å². The van der Waals surface area contributed by atoms with Crippen LogP contribution in [0.2, 0.25) is 0 Å². The van der Waals surface area contributed by atoms with Crippen molar-refractivity contribution in [2.75, 3.05) is 13.2 Å². The Morgan fingerprint density at radius 2 is 1.95 bits per heavy atom. The van der Waals surface area contributed by atoms with Crippen molar-refractivity contribution >= 4 is 0 Å². The van der Waals surface area contributed by atoms with E-state index in [1.165, 1.54) is 16.7 Å². The molecule has 0 atom stereocenters. The molecule has 0 spiro atoms. The molecule has 0 saturated heterocycles. The van der Waals surface area contributed by atoms with Gasteiger partial charge < -0.3 is 9.84 Å². The molecule has 0 aliphatic heterocycles. The van der Waals surface area contributed by atoms with Crippen LogP contribution in [0.3, 0.4) is 0 Å². The third-order valence-electron chi connectivity index (χ3n) is 3.29. The molecule has 1 aromatic heterocycles. The first-order chi connectivity index (χ1) is 9.63. The summed E-state index contributed by atoms with van der Waals surface area (Å²) >= 11 is 0. The predicted octanol–water partition coefficient (Wildman–Crippen LogP) is 3.30. The summed E-state index contributed by atoms with van der Waals surface area (Å²) in [4.78, 5) is 4.34. The van der Waals surface area contributed by atoms with E-state index in [1.807, 2.05) is 13.0 Å². The molecule has 1 heterocycles. The fraction of sp³-hybridized carbons (Fsp3) is 0.353. The number of aliphatic hydroxyl groups excluding tert-OH is 1. The maximum absolute atomic E-state index is 8.84. The van der Waals surface area contributed by atoms with E-state index in [0.29, 0.717) is 5.88 Å². The van der Waals surface area contributed by atoms with E-state index >= 15 is 0 Å². The van der Waals surface area contributed by atoms with Crippen LogP contribution in [0.5, 0.6) is 5.88 Å². The Bertz CT molecular complexity index is 594. The average molecular weight is 271 g/mol. The molecule has 20 heavy (non-hydrogen) atoms. The molecule has 0 saturated carbocycles. The molecule has 0 unspecified atom stereocenters. The molecule has 3 heteroatoms. The van der Waals surface area contributed by atoms with E-state index in [9.17, 15) is 0 Å². The van der Waals surface area contributed by atoms with Crippen molar-refractivity contribution in [3.8, 4) is 17.0 Å². The minimum absolute atomic E-state index is 0.00466. The van der Waals surface area contributed by atoms with Gasteiger partial charge in [0.2, 0.25) is 5.88 Å². The Labute approximate surface area is 120 Å². The number of hydrogen-bond donors (Lipinski definition) is 1. The number of rotatable bonds is 5. The van der Waals surface area contributed by atoms with Gasteiger partial charge in [0, 0.05) is 11.8 Å². The molecule has 0 fully saturated rings. The number of aromatic nitrogens is 1. The summed E-state index contributed by atoms with van der Waals surface area (Å²) < 4.78 is 5.43. The van der Waals surface area contributed by atoms with Gasteiger partial charge in [-0.1, -0.05) is 25.1 Å². The molecular weight excluding hydrogens is 250 g/mol. The van der Waals surface area contributed by atoms with E-state index in [-0.39, 0.29) is 13.2 Å². The first kappa shape index (κ1) is 14.5. The van der Waals surface area contributed by atoms with Crippen molar-refractivity contribution in [2.24, 2.45) is 0 Å². The minimum atomic E-state index is -0.00466. The summed E-state index contributed by atoms with van der Waals surface area (Å²) in [5.41, 5.74) is 5.79. The summed E-state index contributed by atoms with van der Waals surface area (Å²) in [5.74, 6) is 0.565. The monoisotopic (exact) mass is 271 g/mol. The zero-order valence-electron chi connectivity index (χ0n) is 12.3. The van der Waals surface area contributed by atoms with Crippen molar-refractivity contribution < 1.29 is 9.84 Å². The normalized spacial score (nSPS) is 10.6. The third-order valence-corrected chi connectivity index (χ3v) is 3.29. The Hall–Kier alpha value is -1.87. The molecule has 0 aliphatic rings. The topological polar surface area (TPSA) is 42.4 Å². The van der Waals surface area contributed by atoms with Crippen molar-refractivity contribution in [1.82, 2.24) is 4.98 Å². The van der Waals surface area contributed by atoms with Gasteiger partial charge in [0.05, 0.1) is 6.61 Å². The first-order valence-corrected chi connectivity index (χ1v) is 6.96. The molecule has 2 aromatic rings. The van der Waals surface area contributed by atoms with E-state index in [0.717, 1.165) is 17.7 Å². The number of benzene rings is 1. The molecular formula is C17H21NO2. The van der Waals surface area contributed by atoms with E-state index in [2.05, 4.69) is 43.1 Å².